The first-order chi connectivity index (χ1) is 11.7. The lowest BCUT2D eigenvalue weighted by Crippen LogP contribution is -2.34. The van der Waals surface area contributed by atoms with Crippen LogP contribution >= 0.6 is 23.1 Å². The van der Waals surface area contributed by atoms with Crippen molar-refractivity contribution in [3.05, 3.63) is 53.8 Å². The molecule has 1 aliphatic heterocycles. The van der Waals surface area contributed by atoms with Crippen LogP contribution in [0, 0.1) is 5.82 Å². The number of aromatic nitrogens is 1. The number of anilines is 1. The number of thiazole rings is 1. The Kier molecular flexibility index (Phi) is 4.12. The molecule has 2 N–H and O–H groups in total. The summed E-state index contributed by atoms with van der Waals surface area (Å²) in [5.74, 6) is 0.611. The minimum atomic E-state index is -0.318. The van der Waals surface area contributed by atoms with E-state index in [0.29, 0.717) is 5.13 Å². The topological polar surface area (TPSA) is 54.0 Å². The minimum Gasteiger partial charge on any atom is -0.331 e. The number of urea groups is 1. The summed E-state index contributed by atoms with van der Waals surface area (Å²) < 4.78 is 14.5. The van der Waals surface area contributed by atoms with Gasteiger partial charge < -0.3 is 5.32 Å². The fraction of sp³-hybridized carbons (Fsp3) is 0.176. The normalized spacial score (nSPS) is 16.6. The van der Waals surface area contributed by atoms with Crippen LogP contribution in [0.4, 0.5) is 14.3 Å². The third-order valence-electron chi connectivity index (χ3n) is 3.83. The fourth-order valence-electron chi connectivity index (χ4n) is 2.73. The van der Waals surface area contributed by atoms with Gasteiger partial charge in [0.25, 0.3) is 0 Å². The monoisotopic (exact) mass is 359 g/mol. The largest absolute Gasteiger partial charge is 0.331 e. The summed E-state index contributed by atoms with van der Waals surface area (Å²) >= 11 is 3.12. The SMILES string of the molecule is O=C(Nc1nc2ccccc2s1)NC1CCSc2ccc(F)cc21. The molecule has 1 atom stereocenters. The number of amides is 2. The van der Waals surface area contributed by atoms with Gasteiger partial charge in [0.15, 0.2) is 5.13 Å². The molecule has 1 aromatic heterocycles. The Morgan fingerprint density at radius 3 is 3.00 bits per heavy atom. The van der Waals surface area contributed by atoms with Gasteiger partial charge in [0, 0.05) is 10.6 Å². The number of carbonyl (C=O) groups excluding carboxylic acids is 1. The summed E-state index contributed by atoms with van der Waals surface area (Å²) in [5, 5.41) is 6.27. The molecule has 7 heteroatoms. The smallest absolute Gasteiger partial charge is 0.321 e. The summed E-state index contributed by atoms with van der Waals surface area (Å²) in [5.41, 5.74) is 1.70. The molecular formula is C17H14FN3OS2. The standard InChI is InChI=1S/C17H14FN3OS2/c18-10-5-6-14-11(9-10)12(7-8-23-14)19-16(22)21-17-20-13-3-1-2-4-15(13)24-17/h1-6,9,12H,7-8H2,(H2,19,20,21,22). The molecule has 0 radical (unpaired) electrons. The van der Waals surface area contributed by atoms with Crippen LogP contribution in [0.3, 0.4) is 0 Å². The maximum Gasteiger partial charge on any atom is 0.321 e. The fourth-order valence-corrected chi connectivity index (χ4v) is 4.70. The first-order valence-electron chi connectivity index (χ1n) is 7.54. The number of hydrogen-bond donors (Lipinski definition) is 2. The molecule has 0 fully saturated rings. The van der Waals surface area contributed by atoms with Gasteiger partial charge >= 0.3 is 6.03 Å². The molecule has 4 nitrogen and oxygen atoms in total. The average molecular weight is 359 g/mol. The second-order valence-electron chi connectivity index (χ2n) is 5.46. The second-order valence-corrected chi connectivity index (χ2v) is 7.62. The van der Waals surface area contributed by atoms with Crippen LogP contribution in [0.5, 0.6) is 0 Å². The van der Waals surface area contributed by atoms with Gasteiger partial charge in [-0.1, -0.05) is 23.5 Å². The molecule has 1 unspecified atom stereocenters. The van der Waals surface area contributed by atoms with Crippen molar-refractivity contribution in [3.63, 3.8) is 0 Å². The van der Waals surface area contributed by atoms with Crippen LogP contribution in [0.2, 0.25) is 0 Å². The number of nitrogens with zero attached hydrogens (tertiary/aromatic N) is 1. The number of carbonyl (C=O) groups is 1. The maximum atomic E-state index is 13.5. The molecule has 0 aliphatic carbocycles. The van der Waals surface area contributed by atoms with E-state index in [2.05, 4.69) is 15.6 Å². The maximum absolute atomic E-state index is 13.5. The molecule has 0 saturated carbocycles. The predicted molar refractivity (Wildman–Crippen MR) is 96.3 cm³/mol. The molecule has 1 aliphatic rings. The van der Waals surface area contributed by atoms with Crippen molar-refractivity contribution in [1.82, 2.24) is 10.3 Å². The first kappa shape index (κ1) is 15.4. The Hall–Kier alpha value is -2.12. The van der Waals surface area contributed by atoms with E-state index in [0.717, 1.165) is 32.8 Å². The first-order valence-corrected chi connectivity index (χ1v) is 9.34. The highest BCUT2D eigenvalue weighted by molar-refractivity contribution is 7.99. The molecule has 2 heterocycles. The molecule has 2 aromatic carbocycles. The molecule has 2 amide bonds. The highest BCUT2D eigenvalue weighted by atomic mass is 32.2. The van der Waals surface area contributed by atoms with Crippen LogP contribution in [0.25, 0.3) is 10.2 Å². The molecule has 0 spiro atoms. The summed E-state index contributed by atoms with van der Waals surface area (Å²) in [6.45, 7) is 0. The Labute approximate surface area is 146 Å². The molecule has 3 aromatic rings. The zero-order chi connectivity index (χ0) is 16.5. The third-order valence-corrected chi connectivity index (χ3v) is 5.91. The van der Waals surface area contributed by atoms with E-state index in [4.69, 9.17) is 0 Å². The Balaban J connectivity index is 1.50. The predicted octanol–water partition coefficient (Wildman–Crippen LogP) is 4.79. The van der Waals surface area contributed by atoms with Crippen molar-refractivity contribution in [2.45, 2.75) is 17.4 Å². The lowest BCUT2D eigenvalue weighted by atomic mass is 10.0. The van der Waals surface area contributed by atoms with E-state index >= 15 is 0 Å². The summed E-state index contributed by atoms with van der Waals surface area (Å²) in [6.07, 6.45) is 0.772. The van der Waals surface area contributed by atoms with Crippen molar-refractivity contribution >= 4 is 44.5 Å². The lowest BCUT2D eigenvalue weighted by molar-refractivity contribution is 0.248. The van der Waals surface area contributed by atoms with Crippen LogP contribution in [-0.2, 0) is 0 Å². The van der Waals surface area contributed by atoms with E-state index in [1.54, 1.807) is 17.8 Å². The number of fused-ring (bicyclic) bond motifs is 2. The number of rotatable bonds is 2. The quantitative estimate of drug-likeness (QED) is 0.691. The molecule has 0 bridgehead atoms. The van der Waals surface area contributed by atoms with Crippen LogP contribution in [-0.4, -0.2) is 16.8 Å². The van der Waals surface area contributed by atoms with Gasteiger partial charge in [-0.05, 0) is 42.3 Å². The van der Waals surface area contributed by atoms with Gasteiger partial charge in [0.1, 0.15) is 5.82 Å². The van der Waals surface area contributed by atoms with Crippen molar-refractivity contribution in [2.24, 2.45) is 0 Å². The Bertz CT molecular complexity index is 879. The summed E-state index contributed by atoms with van der Waals surface area (Å²) in [4.78, 5) is 17.7. The zero-order valence-electron chi connectivity index (χ0n) is 12.6. The van der Waals surface area contributed by atoms with Crippen LogP contribution < -0.4 is 10.6 Å². The van der Waals surface area contributed by atoms with Crippen molar-refractivity contribution in [1.29, 1.82) is 0 Å². The summed E-state index contributed by atoms with van der Waals surface area (Å²) in [6, 6.07) is 12.0. The Morgan fingerprint density at radius 1 is 1.25 bits per heavy atom. The second kappa shape index (κ2) is 6.41. The van der Waals surface area contributed by atoms with Gasteiger partial charge in [0.05, 0.1) is 16.3 Å². The zero-order valence-corrected chi connectivity index (χ0v) is 14.2. The van der Waals surface area contributed by atoms with Gasteiger partial charge in [-0.2, -0.15) is 0 Å². The van der Waals surface area contributed by atoms with E-state index < -0.39 is 0 Å². The van der Waals surface area contributed by atoms with Gasteiger partial charge in [0.2, 0.25) is 0 Å². The third kappa shape index (κ3) is 3.09. The molecule has 24 heavy (non-hydrogen) atoms. The number of halogens is 1. The molecular weight excluding hydrogens is 345 g/mol. The highest BCUT2D eigenvalue weighted by Gasteiger charge is 2.23. The van der Waals surface area contributed by atoms with E-state index in [-0.39, 0.29) is 17.9 Å². The molecule has 0 saturated heterocycles. The molecule has 4 rings (SSSR count). The van der Waals surface area contributed by atoms with E-state index in [1.807, 2.05) is 24.3 Å². The number of hydrogen-bond acceptors (Lipinski definition) is 4. The van der Waals surface area contributed by atoms with Gasteiger partial charge in [-0.25, -0.2) is 14.2 Å². The summed E-state index contributed by atoms with van der Waals surface area (Å²) in [7, 11) is 0. The van der Waals surface area contributed by atoms with Crippen LogP contribution in [0.1, 0.15) is 18.0 Å². The van der Waals surface area contributed by atoms with Crippen molar-refractivity contribution in [3.8, 4) is 0 Å². The van der Waals surface area contributed by atoms with Gasteiger partial charge in [-0.3, -0.25) is 5.32 Å². The van der Waals surface area contributed by atoms with E-state index in [9.17, 15) is 9.18 Å². The van der Waals surface area contributed by atoms with E-state index in [1.165, 1.54) is 23.5 Å². The highest BCUT2D eigenvalue weighted by Crippen LogP contribution is 2.36. The average Bonchev–Trinajstić information content (AvgIpc) is 2.97. The number of benzene rings is 2. The van der Waals surface area contributed by atoms with Crippen LogP contribution in [0.15, 0.2) is 47.4 Å². The Morgan fingerprint density at radius 2 is 2.12 bits per heavy atom. The van der Waals surface area contributed by atoms with Gasteiger partial charge in [-0.15, -0.1) is 11.8 Å². The molecule has 122 valence electrons. The van der Waals surface area contributed by atoms with Crippen molar-refractivity contribution < 1.29 is 9.18 Å². The number of para-hydroxylation sites is 1. The van der Waals surface area contributed by atoms with Crippen molar-refractivity contribution in [2.75, 3.05) is 11.1 Å². The number of nitrogens with one attached hydrogen (secondary N) is 2. The minimum absolute atomic E-state index is 0.189. The number of thioether (sulfide) groups is 1. The lowest BCUT2D eigenvalue weighted by Gasteiger charge is -2.25.